The Morgan fingerprint density at radius 1 is 1.27 bits per heavy atom. The van der Waals surface area contributed by atoms with Crippen LogP contribution in [0, 0.1) is 5.92 Å². The fourth-order valence-electron chi connectivity index (χ4n) is 3.36. The van der Waals surface area contributed by atoms with Gasteiger partial charge in [0.2, 0.25) is 5.91 Å². The zero-order valence-electron chi connectivity index (χ0n) is 15.7. The molecule has 144 valence electrons. The largest absolute Gasteiger partial charge is 0.384 e. The predicted octanol–water partition coefficient (Wildman–Crippen LogP) is -0.914. The average Bonchev–Trinajstić information content (AvgIpc) is 2.64. The standard InChI is InChI=1S/C17H27N5O4/c1-5-19-15(24)11-7-6-8-22(9-11)10(2)13(23)12-14(18)20(3)17(26)21(4)16(12)25/h10-11H,5-9,18H2,1-4H3,(H,19,24). The van der Waals surface area contributed by atoms with Crippen LogP contribution in [0.5, 0.6) is 0 Å². The number of piperidine rings is 1. The van der Waals surface area contributed by atoms with Crippen molar-refractivity contribution in [3.63, 3.8) is 0 Å². The Morgan fingerprint density at radius 3 is 2.54 bits per heavy atom. The number of carbonyl (C=O) groups is 2. The van der Waals surface area contributed by atoms with Crippen LogP contribution in [0.3, 0.4) is 0 Å². The highest BCUT2D eigenvalue weighted by atomic mass is 16.2. The molecule has 26 heavy (non-hydrogen) atoms. The fraction of sp³-hybridized carbons (Fsp3) is 0.647. The van der Waals surface area contributed by atoms with Gasteiger partial charge < -0.3 is 11.1 Å². The molecule has 0 spiro atoms. The van der Waals surface area contributed by atoms with Gasteiger partial charge in [-0.3, -0.25) is 28.4 Å². The van der Waals surface area contributed by atoms with Gasteiger partial charge in [-0.15, -0.1) is 0 Å². The van der Waals surface area contributed by atoms with Crippen molar-refractivity contribution >= 4 is 17.5 Å². The quantitative estimate of drug-likeness (QED) is 0.652. The number of ketones is 1. The maximum atomic E-state index is 13.0. The molecule has 1 aromatic rings. The number of likely N-dealkylation sites (tertiary alicyclic amines) is 1. The lowest BCUT2D eigenvalue weighted by Gasteiger charge is -2.35. The number of amides is 1. The molecule has 1 saturated heterocycles. The average molecular weight is 365 g/mol. The lowest BCUT2D eigenvalue weighted by atomic mass is 9.94. The Kier molecular flexibility index (Phi) is 6.01. The topological polar surface area (TPSA) is 119 Å². The van der Waals surface area contributed by atoms with E-state index in [-0.39, 0.29) is 23.2 Å². The van der Waals surface area contributed by atoms with E-state index in [9.17, 15) is 19.2 Å². The molecule has 1 fully saturated rings. The molecular formula is C17H27N5O4. The first-order chi connectivity index (χ1) is 12.2. The monoisotopic (exact) mass is 365 g/mol. The van der Waals surface area contributed by atoms with E-state index in [0.29, 0.717) is 19.6 Å². The highest BCUT2D eigenvalue weighted by Gasteiger charge is 2.33. The minimum atomic E-state index is -0.695. The van der Waals surface area contributed by atoms with Crippen molar-refractivity contribution in [3.05, 3.63) is 26.4 Å². The summed E-state index contributed by atoms with van der Waals surface area (Å²) in [5.74, 6) is -0.767. The second-order valence-corrected chi connectivity index (χ2v) is 6.73. The maximum Gasteiger partial charge on any atom is 0.332 e. The summed E-state index contributed by atoms with van der Waals surface area (Å²) in [6.45, 7) is 5.24. The van der Waals surface area contributed by atoms with Crippen molar-refractivity contribution in [3.8, 4) is 0 Å². The van der Waals surface area contributed by atoms with Gasteiger partial charge in [-0.05, 0) is 33.2 Å². The SMILES string of the molecule is CCNC(=O)C1CCCN(C(C)C(=O)c2c(N)n(C)c(=O)n(C)c2=O)C1. The van der Waals surface area contributed by atoms with E-state index >= 15 is 0 Å². The summed E-state index contributed by atoms with van der Waals surface area (Å²) in [5, 5.41) is 2.81. The molecule has 9 nitrogen and oxygen atoms in total. The number of Topliss-reactive ketones (excluding diaryl/α,β-unsaturated/α-hetero) is 1. The number of nitrogens with zero attached hydrogens (tertiary/aromatic N) is 3. The summed E-state index contributed by atoms with van der Waals surface area (Å²) in [6, 6.07) is -0.611. The zero-order chi connectivity index (χ0) is 19.6. The molecule has 1 aliphatic heterocycles. The first kappa shape index (κ1) is 19.9. The summed E-state index contributed by atoms with van der Waals surface area (Å²) >= 11 is 0. The lowest BCUT2D eigenvalue weighted by Crippen LogP contribution is -2.50. The second-order valence-electron chi connectivity index (χ2n) is 6.73. The summed E-state index contributed by atoms with van der Waals surface area (Å²) in [6.07, 6.45) is 1.56. The van der Waals surface area contributed by atoms with Gasteiger partial charge in [-0.25, -0.2) is 4.79 Å². The van der Waals surface area contributed by atoms with Crippen LogP contribution >= 0.6 is 0 Å². The van der Waals surface area contributed by atoms with Gasteiger partial charge in [0.1, 0.15) is 11.4 Å². The first-order valence-corrected chi connectivity index (χ1v) is 8.82. The number of carbonyl (C=O) groups excluding carboxylic acids is 2. The Hall–Kier alpha value is -2.42. The van der Waals surface area contributed by atoms with E-state index < -0.39 is 23.1 Å². The third-order valence-electron chi connectivity index (χ3n) is 5.06. The van der Waals surface area contributed by atoms with Gasteiger partial charge in [0.05, 0.1) is 12.0 Å². The Labute approximate surface area is 151 Å². The summed E-state index contributed by atoms with van der Waals surface area (Å²) in [7, 11) is 2.74. The molecule has 2 rings (SSSR count). The molecule has 9 heteroatoms. The Balaban J connectivity index is 2.29. The van der Waals surface area contributed by atoms with Crippen LogP contribution in [-0.2, 0) is 18.9 Å². The van der Waals surface area contributed by atoms with E-state index in [1.165, 1.54) is 14.1 Å². The smallest absolute Gasteiger partial charge is 0.332 e. The molecule has 2 atom stereocenters. The minimum Gasteiger partial charge on any atom is -0.384 e. The van der Waals surface area contributed by atoms with E-state index in [1.807, 2.05) is 11.8 Å². The minimum absolute atomic E-state index is 0.0191. The van der Waals surface area contributed by atoms with Crippen molar-refractivity contribution in [1.82, 2.24) is 19.4 Å². The number of anilines is 1. The van der Waals surface area contributed by atoms with Crippen LogP contribution in [0.1, 0.15) is 37.0 Å². The van der Waals surface area contributed by atoms with Crippen molar-refractivity contribution in [2.45, 2.75) is 32.7 Å². The first-order valence-electron chi connectivity index (χ1n) is 8.82. The highest BCUT2D eigenvalue weighted by Crippen LogP contribution is 2.21. The molecule has 0 radical (unpaired) electrons. The molecule has 0 aromatic carbocycles. The number of aromatic nitrogens is 2. The van der Waals surface area contributed by atoms with Crippen molar-refractivity contribution < 1.29 is 9.59 Å². The van der Waals surface area contributed by atoms with Gasteiger partial charge in [-0.2, -0.15) is 0 Å². The molecule has 2 heterocycles. The Bertz CT molecular complexity index is 826. The van der Waals surface area contributed by atoms with Gasteiger partial charge in [-0.1, -0.05) is 0 Å². The number of nitrogens with one attached hydrogen (secondary N) is 1. The van der Waals surface area contributed by atoms with E-state index in [2.05, 4.69) is 5.32 Å². The van der Waals surface area contributed by atoms with Crippen LogP contribution in [0.4, 0.5) is 5.82 Å². The van der Waals surface area contributed by atoms with E-state index in [4.69, 9.17) is 5.73 Å². The van der Waals surface area contributed by atoms with Crippen molar-refractivity contribution in [2.75, 3.05) is 25.4 Å². The third kappa shape index (κ3) is 3.57. The molecule has 1 amide bonds. The Morgan fingerprint density at radius 2 is 1.92 bits per heavy atom. The molecule has 1 aromatic heterocycles. The molecule has 0 aliphatic carbocycles. The second kappa shape index (κ2) is 7.86. The molecule has 3 N–H and O–H groups in total. The van der Waals surface area contributed by atoms with E-state index in [1.54, 1.807) is 6.92 Å². The molecule has 0 bridgehead atoms. The number of hydrogen-bond donors (Lipinski definition) is 2. The van der Waals surface area contributed by atoms with Crippen LogP contribution < -0.4 is 22.3 Å². The third-order valence-corrected chi connectivity index (χ3v) is 5.06. The molecule has 2 unspecified atom stereocenters. The van der Waals surface area contributed by atoms with Crippen molar-refractivity contribution in [1.29, 1.82) is 0 Å². The lowest BCUT2D eigenvalue weighted by molar-refractivity contribution is -0.126. The molecule has 1 aliphatic rings. The van der Waals surface area contributed by atoms with Crippen LogP contribution in [0.25, 0.3) is 0 Å². The maximum absolute atomic E-state index is 13.0. The van der Waals surface area contributed by atoms with Gasteiger partial charge in [0, 0.05) is 27.2 Å². The predicted molar refractivity (Wildman–Crippen MR) is 98.1 cm³/mol. The summed E-state index contributed by atoms with van der Waals surface area (Å²) in [4.78, 5) is 51.3. The number of rotatable bonds is 5. The van der Waals surface area contributed by atoms with Crippen LogP contribution in [0.2, 0.25) is 0 Å². The van der Waals surface area contributed by atoms with Crippen molar-refractivity contribution in [2.24, 2.45) is 20.0 Å². The summed E-state index contributed by atoms with van der Waals surface area (Å²) < 4.78 is 1.97. The van der Waals surface area contributed by atoms with Crippen LogP contribution in [-0.4, -0.2) is 51.4 Å². The van der Waals surface area contributed by atoms with E-state index in [0.717, 1.165) is 22.0 Å². The zero-order valence-corrected chi connectivity index (χ0v) is 15.7. The highest BCUT2D eigenvalue weighted by molar-refractivity contribution is 6.03. The fourth-order valence-corrected chi connectivity index (χ4v) is 3.36. The number of nitrogens with two attached hydrogens (primary N) is 1. The number of hydrogen-bond acceptors (Lipinski definition) is 6. The molecule has 0 saturated carbocycles. The van der Waals surface area contributed by atoms with Gasteiger partial charge in [0.25, 0.3) is 5.56 Å². The van der Waals surface area contributed by atoms with Gasteiger partial charge >= 0.3 is 5.69 Å². The normalized spacial score (nSPS) is 19.2. The summed E-state index contributed by atoms with van der Waals surface area (Å²) in [5.41, 5.74) is 4.43. The van der Waals surface area contributed by atoms with Gasteiger partial charge in [0.15, 0.2) is 5.78 Å². The van der Waals surface area contributed by atoms with Crippen LogP contribution in [0.15, 0.2) is 9.59 Å². The molecular weight excluding hydrogens is 338 g/mol. The number of nitrogen functional groups attached to an aromatic ring is 1.